The van der Waals surface area contributed by atoms with Crippen molar-refractivity contribution in [3.05, 3.63) is 35.4 Å². The Morgan fingerprint density at radius 1 is 1.32 bits per heavy atom. The van der Waals surface area contributed by atoms with Crippen LogP contribution in [-0.2, 0) is 11.2 Å². The molecule has 0 bridgehead atoms. The van der Waals surface area contributed by atoms with E-state index in [1.165, 1.54) is 6.07 Å². The van der Waals surface area contributed by atoms with Crippen LogP contribution >= 0.6 is 0 Å². The summed E-state index contributed by atoms with van der Waals surface area (Å²) in [5.41, 5.74) is 0.231. The summed E-state index contributed by atoms with van der Waals surface area (Å²) in [6.45, 7) is 4.35. The molecule has 106 valence electrons. The molecule has 0 saturated carbocycles. The van der Waals surface area contributed by atoms with Crippen LogP contribution in [0, 0.1) is 17.0 Å². The molecule has 0 aliphatic carbocycles. The van der Waals surface area contributed by atoms with Gasteiger partial charge in [-0.1, -0.05) is 19.9 Å². The van der Waals surface area contributed by atoms with Crippen molar-refractivity contribution in [2.24, 2.45) is 5.41 Å². The molecular formula is C14H19F2NO2. The summed E-state index contributed by atoms with van der Waals surface area (Å²) in [7, 11) is 0. The Morgan fingerprint density at radius 2 is 2.00 bits per heavy atom. The second-order valence-electron chi connectivity index (χ2n) is 5.34. The molecule has 2 N–H and O–H groups in total. The maximum Gasteiger partial charge on any atom is 0.224 e. The number of halogens is 2. The fourth-order valence-electron chi connectivity index (χ4n) is 1.63. The van der Waals surface area contributed by atoms with Gasteiger partial charge in [-0.3, -0.25) is 4.79 Å². The number of hydrogen-bond acceptors (Lipinski definition) is 2. The van der Waals surface area contributed by atoms with E-state index < -0.39 is 11.6 Å². The quantitative estimate of drug-likeness (QED) is 0.831. The van der Waals surface area contributed by atoms with Gasteiger partial charge < -0.3 is 10.4 Å². The Bertz CT molecular complexity index is 447. The van der Waals surface area contributed by atoms with Crippen LogP contribution in [0.5, 0.6) is 0 Å². The van der Waals surface area contributed by atoms with Crippen molar-refractivity contribution in [1.29, 1.82) is 0 Å². The zero-order chi connectivity index (χ0) is 14.5. The molecule has 1 rings (SSSR count). The van der Waals surface area contributed by atoms with Crippen LogP contribution < -0.4 is 5.32 Å². The molecule has 0 radical (unpaired) electrons. The minimum Gasteiger partial charge on any atom is -0.396 e. The highest BCUT2D eigenvalue weighted by Gasteiger charge is 2.18. The lowest BCUT2D eigenvalue weighted by atomic mass is 9.89. The number of aliphatic hydroxyl groups is 1. The smallest absolute Gasteiger partial charge is 0.224 e. The Balaban J connectivity index is 2.49. The first kappa shape index (κ1) is 15.6. The van der Waals surface area contributed by atoms with E-state index in [9.17, 15) is 13.6 Å². The molecule has 3 nitrogen and oxygen atoms in total. The van der Waals surface area contributed by atoms with Crippen molar-refractivity contribution in [3.8, 4) is 0 Å². The molecular weight excluding hydrogens is 252 g/mol. The van der Waals surface area contributed by atoms with E-state index in [1.54, 1.807) is 0 Å². The van der Waals surface area contributed by atoms with Gasteiger partial charge >= 0.3 is 0 Å². The summed E-state index contributed by atoms with van der Waals surface area (Å²) in [4.78, 5) is 11.7. The van der Waals surface area contributed by atoms with E-state index in [0.29, 0.717) is 18.5 Å². The fraction of sp³-hybridized carbons (Fsp3) is 0.500. The second kappa shape index (κ2) is 6.61. The molecule has 0 aromatic heterocycles. The van der Waals surface area contributed by atoms with Crippen molar-refractivity contribution in [2.45, 2.75) is 26.7 Å². The van der Waals surface area contributed by atoms with Gasteiger partial charge in [0.2, 0.25) is 5.91 Å². The molecule has 19 heavy (non-hydrogen) atoms. The van der Waals surface area contributed by atoms with Gasteiger partial charge in [0.25, 0.3) is 0 Å². The molecule has 0 atom stereocenters. The van der Waals surface area contributed by atoms with Crippen molar-refractivity contribution in [1.82, 2.24) is 5.32 Å². The molecule has 1 amide bonds. The number of aliphatic hydroxyl groups excluding tert-OH is 1. The Labute approximate surface area is 111 Å². The molecule has 0 heterocycles. The van der Waals surface area contributed by atoms with Crippen molar-refractivity contribution >= 4 is 5.91 Å². The van der Waals surface area contributed by atoms with Crippen molar-refractivity contribution in [2.75, 3.05) is 13.2 Å². The topological polar surface area (TPSA) is 49.3 Å². The maximum atomic E-state index is 13.0. The van der Waals surface area contributed by atoms with Crippen LogP contribution in [-0.4, -0.2) is 24.2 Å². The summed E-state index contributed by atoms with van der Waals surface area (Å²) in [6.07, 6.45) is 0.588. The van der Waals surface area contributed by atoms with Gasteiger partial charge in [-0.15, -0.1) is 0 Å². The highest BCUT2D eigenvalue weighted by Crippen LogP contribution is 2.18. The summed E-state index contributed by atoms with van der Waals surface area (Å²) in [5.74, 6) is -2.13. The second-order valence-corrected chi connectivity index (χ2v) is 5.34. The van der Waals surface area contributed by atoms with E-state index in [-0.39, 0.29) is 24.3 Å². The minimum absolute atomic E-state index is 0.00635. The zero-order valence-corrected chi connectivity index (χ0v) is 11.2. The first-order valence-corrected chi connectivity index (χ1v) is 6.15. The number of carbonyl (C=O) groups is 1. The Kier molecular flexibility index (Phi) is 5.42. The summed E-state index contributed by atoms with van der Waals surface area (Å²) < 4.78 is 25.7. The Morgan fingerprint density at radius 3 is 2.58 bits per heavy atom. The zero-order valence-electron chi connectivity index (χ0n) is 11.2. The van der Waals surface area contributed by atoms with E-state index in [2.05, 4.69) is 5.32 Å². The molecule has 1 aromatic rings. The SMILES string of the molecule is CC(C)(CCO)CNC(=O)Cc1ccc(F)c(F)c1. The average molecular weight is 271 g/mol. The monoisotopic (exact) mass is 271 g/mol. The molecule has 1 aromatic carbocycles. The van der Waals surface area contributed by atoms with Crippen LogP contribution in [0.15, 0.2) is 18.2 Å². The van der Waals surface area contributed by atoms with E-state index in [1.807, 2.05) is 13.8 Å². The molecule has 0 spiro atoms. The third kappa shape index (κ3) is 5.34. The molecule has 0 saturated heterocycles. The average Bonchev–Trinajstić information content (AvgIpc) is 2.32. The van der Waals surface area contributed by atoms with Crippen molar-refractivity contribution < 1.29 is 18.7 Å². The number of rotatable bonds is 6. The van der Waals surface area contributed by atoms with Gasteiger partial charge in [0.1, 0.15) is 0 Å². The lowest BCUT2D eigenvalue weighted by Crippen LogP contribution is -2.35. The normalized spacial score (nSPS) is 11.4. The lowest BCUT2D eigenvalue weighted by Gasteiger charge is -2.23. The van der Waals surface area contributed by atoms with Crippen LogP contribution in [0.25, 0.3) is 0 Å². The molecule has 0 aliphatic rings. The largest absolute Gasteiger partial charge is 0.396 e. The first-order valence-electron chi connectivity index (χ1n) is 6.15. The highest BCUT2D eigenvalue weighted by molar-refractivity contribution is 5.78. The lowest BCUT2D eigenvalue weighted by molar-refractivity contribution is -0.120. The number of nitrogens with one attached hydrogen (secondary N) is 1. The van der Waals surface area contributed by atoms with E-state index in [0.717, 1.165) is 12.1 Å². The fourth-order valence-corrected chi connectivity index (χ4v) is 1.63. The van der Waals surface area contributed by atoms with Gasteiger partial charge in [-0.2, -0.15) is 0 Å². The number of benzene rings is 1. The first-order chi connectivity index (χ1) is 8.84. The highest BCUT2D eigenvalue weighted by atomic mass is 19.2. The van der Waals surface area contributed by atoms with E-state index in [4.69, 9.17) is 5.11 Å². The standard InChI is InChI=1S/C14H19F2NO2/c1-14(2,5-6-18)9-17-13(19)8-10-3-4-11(15)12(16)7-10/h3-4,7,18H,5-6,8-9H2,1-2H3,(H,17,19). The van der Waals surface area contributed by atoms with Gasteiger partial charge in [0.05, 0.1) is 6.42 Å². The van der Waals surface area contributed by atoms with Crippen LogP contribution in [0.1, 0.15) is 25.8 Å². The van der Waals surface area contributed by atoms with Crippen LogP contribution in [0.2, 0.25) is 0 Å². The maximum absolute atomic E-state index is 13.0. The molecule has 0 fully saturated rings. The minimum atomic E-state index is -0.953. The van der Waals surface area contributed by atoms with Gasteiger partial charge in [-0.05, 0) is 29.5 Å². The molecule has 0 unspecified atom stereocenters. The van der Waals surface area contributed by atoms with Crippen molar-refractivity contribution in [3.63, 3.8) is 0 Å². The molecule has 5 heteroatoms. The molecule has 0 aliphatic heterocycles. The summed E-state index contributed by atoms with van der Waals surface area (Å²) in [6, 6.07) is 3.41. The van der Waals surface area contributed by atoms with E-state index >= 15 is 0 Å². The van der Waals surface area contributed by atoms with Gasteiger partial charge in [-0.25, -0.2) is 8.78 Å². The predicted octanol–water partition coefficient (Wildman–Crippen LogP) is 2.03. The van der Waals surface area contributed by atoms with Gasteiger partial charge in [0.15, 0.2) is 11.6 Å². The third-order valence-electron chi connectivity index (χ3n) is 2.90. The number of hydrogen-bond donors (Lipinski definition) is 2. The number of carbonyl (C=O) groups excluding carboxylic acids is 1. The number of amides is 1. The summed E-state index contributed by atoms with van der Waals surface area (Å²) >= 11 is 0. The Hall–Kier alpha value is -1.49. The van der Waals surface area contributed by atoms with Gasteiger partial charge in [0, 0.05) is 13.2 Å². The van der Waals surface area contributed by atoms with Crippen LogP contribution in [0.3, 0.4) is 0 Å². The predicted molar refractivity (Wildman–Crippen MR) is 68.6 cm³/mol. The third-order valence-corrected chi connectivity index (χ3v) is 2.90. The van der Waals surface area contributed by atoms with Crippen LogP contribution in [0.4, 0.5) is 8.78 Å². The summed E-state index contributed by atoms with van der Waals surface area (Å²) in [5, 5.41) is 11.6.